The molecule has 1 saturated carbocycles. The van der Waals surface area contributed by atoms with E-state index in [0.717, 1.165) is 18.6 Å². The van der Waals surface area contributed by atoms with Gasteiger partial charge in [-0.15, -0.1) is 0 Å². The van der Waals surface area contributed by atoms with Gasteiger partial charge in [-0.25, -0.2) is 14.8 Å². The topological polar surface area (TPSA) is 84.3 Å². The molecule has 2 aromatic rings. The normalized spacial score (nSPS) is 13.6. The quantitative estimate of drug-likeness (QED) is 0.816. The van der Waals surface area contributed by atoms with Gasteiger partial charge in [0.05, 0.1) is 6.61 Å². The number of nitrogens with zero attached hydrogens (tertiary/aromatic N) is 2. The van der Waals surface area contributed by atoms with Crippen molar-refractivity contribution in [3.8, 4) is 5.75 Å². The number of carboxylic acids is 1. The number of aromatic carboxylic acids is 1. The van der Waals surface area contributed by atoms with Crippen LogP contribution >= 0.6 is 0 Å². The Morgan fingerprint density at radius 3 is 2.73 bits per heavy atom. The molecule has 3 rings (SSSR count). The smallest absolute Gasteiger partial charge is 0.354 e. The molecule has 1 aromatic heterocycles. The third-order valence-corrected chi connectivity index (χ3v) is 3.26. The van der Waals surface area contributed by atoms with Crippen molar-refractivity contribution in [2.75, 3.05) is 11.9 Å². The molecule has 6 nitrogen and oxygen atoms in total. The fourth-order valence-electron chi connectivity index (χ4n) is 2.01. The van der Waals surface area contributed by atoms with Gasteiger partial charge in [0.15, 0.2) is 5.69 Å². The van der Waals surface area contributed by atoms with Crippen LogP contribution in [0, 0.1) is 0 Å². The first-order chi connectivity index (χ1) is 10.7. The lowest BCUT2D eigenvalue weighted by Crippen LogP contribution is -2.13. The van der Waals surface area contributed by atoms with E-state index in [1.165, 1.54) is 6.07 Å². The summed E-state index contributed by atoms with van der Waals surface area (Å²) in [5.41, 5.74) is 0.00728. The van der Waals surface area contributed by atoms with Gasteiger partial charge in [0.1, 0.15) is 17.4 Å². The molecular weight excluding hydrogens is 282 g/mol. The molecule has 0 unspecified atom stereocenters. The molecule has 22 heavy (non-hydrogen) atoms. The summed E-state index contributed by atoms with van der Waals surface area (Å²) in [6.45, 7) is 0.399. The molecule has 0 amide bonds. The molecule has 1 aliphatic carbocycles. The summed E-state index contributed by atoms with van der Waals surface area (Å²) in [7, 11) is 0. The molecule has 0 spiro atoms. The largest absolute Gasteiger partial charge is 0.493 e. The van der Waals surface area contributed by atoms with Crippen LogP contribution in [-0.4, -0.2) is 33.7 Å². The highest BCUT2D eigenvalue weighted by Crippen LogP contribution is 2.24. The standard InChI is InChI=1S/C16H17N3O3/c20-16(21)13-10-15(17-11-6-7-11)19-14(18-13)8-9-22-12-4-2-1-3-5-12/h1-5,10-11H,6-9H2,(H,20,21)(H,17,18,19). The van der Waals surface area contributed by atoms with E-state index in [2.05, 4.69) is 15.3 Å². The Morgan fingerprint density at radius 2 is 2.05 bits per heavy atom. The Hall–Kier alpha value is -2.63. The van der Waals surface area contributed by atoms with Crippen molar-refractivity contribution < 1.29 is 14.6 Å². The Bertz CT molecular complexity index is 657. The maximum Gasteiger partial charge on any atom is 0.354 e. The van der Waals surface area contributed by atoms with Gasteiger partial charge >= 0.3 is 5.97 Å². The minimum absolute atomic E-state index is 0.00728. The van der Waals surface area contributed by atoms with Crippen molar-refractivity contribution in [3.05, 3.63) is 47.9 Å². The molecule has 0 saturated heterocycles. The number of anilines is 1. The van der Waals surface area contributed by atoms with E-state index in [1.807, 2.05) is 30.3 Å². The number of aromatic nitrogens is 2. The maximum absolute atomic E-state index is 11.2. The van der Waals surface area contributed by atoms with E-state index in [0.29, 0.717) is 30.7 Å². The monoisotopic (exact) mass is 299 g/mol. The highest BCUT2D eigenvalue weighted by Gasteiger charge is 2.22. The zero-order valence-electron chi connectivity index (χ0n) is 12.0. The summed E-state index contributed by atoms with van der Waals surface area (Å²) in [5.74, 6) is 0.767. The summed E-state index contributed by atoms with van der Waals surface area (Å²) in [5, 5.41) is 12.3. The first-order valence-electron chi connectivity index (χ1n) is 7.26. The van der Waals surface area contributed by atoms with E-state index in [1.54, 1.807) is 0 Å². The fraction of sp³-hybridized carbons (Fsp3) is 0.312. The van der Waals surface area contributed by atoms with E-state index in [-0.39, 0.29) is 5.69 Å². The zero-order valence-corrected chi connectivity index (χ0v) is 12.0. The van der Waals surface area contributed by atoms with Crippen molar-refractivity contribution in [2.24, 2.45) is 0 Å². The van der Waals surface area contributed by atoms with Crippen molar-refractivity contribution in [2.45, 2.75) is 25.3 Å². The zero-order chi connectivity index (χ0) is 15.4. The number of hydrogen-bond acceptors (Lipinski definition) is 5. The van der Waals surface area contributed by atoms with Crippen molar-refractivity contribution >= 4 is 11.8 Å². The van der Waals surface area contributed by atoms with Crippen LogP contribution in [0.3, 0.4) is 0 Å². The number of ether oxygens (including phenoxy) is 1. The summed E-state index contributed by atoms with van der Waals surface area (Å²) >= 11 is 0. The van der Waals surface area contributed by atoms with Crippen molar-refractivity contribution in [1.82, 2.24) is 9.97 Å². The third-order valence-electron chi connectivity index (χ3n) is 3.26. The average molecular weight is 299 g/mol. The first-order valence-corrected chi connectivity index (χ1v) is 7.26. The highest BCUT2D eigenvalue weighted by molar-refractivity contribution is 5.86. The van der Waals surface area contributed by atoms with Gasteiger partial charge in [-0.3, -0.25) is 0 Å². The number of nitrogens with one attached hydrogen (secondary N) is 1. The summed E-state index contributed by atoms with van der Waals surface area (Å²) in [6.07, 6.45) is 2.65. The minimum Gasteiger partial charge on any atom is -0.493 e. The van der Waals surface area contributed by atoms with E-state index >= 15 is 0 Å². The SMILES string of the molecule is O=C(O)c1cc(NC2CC2)nc(CCOc2ccccc2)n1. The summed E-state index contributed by atoms with van der Waals surface area (Å²) < 4.78 is 5.60. The van der Waals surface area contributed by atoms with Crippen LogP contribution in [0.15, 0.2) is 36.4 Å². The van der Waals surface area contributed by atoms with Crippen LogP contribution in [0.4, 0.5) is 5.82 Å². The number of para-hydroxylation sites is 1. The molecule has 2 N–H and O–H groups in total. The second-order valence-electron chi connectivity index (χ2n) is 5.19. The van der Waals surface area contributed by atoms with Gasteiger partial charge < -0.3 is 15.2 Å². The fourth-order valence-corrected chi connectivity index (χ4v) is 2.01. The third kappa shape index (κ3) is 3.94. The lowest BCUT2D eigenvalue weighted by Gasteiger charge is -2.09. The van der Waals surface area contributed by atoms with Crippen LogP contribution < -0.4 is 10.1 Å². The minimum atomic E-state index is -1.05. The molecule has 1 aliphatic rings. The molecule has 1 aromatic carbocycles. The first kappa shape index (κ1) is 14.3. The number of hydrogen-bond donors (Lipinski definition) is 2. The molecule has 1 heterocycles. The van der Waals surface area contributed by atoms with Gasteiger partial charge in [-0.05, 0) is 25.0 Å². The van der Waals surface area contributed by atoms with E-state index < -0.39 is 5.97 Å². The Labute approximate surface area is 128 Å². The molecule has 0 radical (unpaired) electrons. The average Bonchev–Trinajstić information content (AvgIpc) is 3.32. The summed E-state index contributed by atoms with van der Waals surface area (Å²) in [4.78, 5) is 19.6. The molecule has 0 atom stereocenters. The van der Waals surface area contributed by atoms with Crippen molar-refractivity contribution in [3.63, 3.8) is 0 Å². The maximum atomic E-state index is 11.2. The molecule has 0 aliphatic heterocycles. The van der Waals surface area contributed by atoms with Gasteiger partial charge in [0.25, 0.3) is 0 Å². The highest BCUT2D eigenvalue weighted by atomic mass is 16.5. The Morgan fingerprint density at radius 1 is 1.27 bits per heavy atom. The van der Waals surface area contributed by atoms with Crippen molar-refractivity contribution in [1.29, 1.82) is 0 Å². The molecule has 114 valence electrons. The predicted octanol–water partition coefficient (Wildman–Crippen LogP) is 2.37. The van der Waals surface area contributed by atoms with Gasteiger partial charge in [0, 0.05) is 18.5 Å². The van der Waals surface area contributed by atoms with Crippen LogP contribution in [-0.2, 0) is 6.42 Å². The molecule has 0 bridgehead atoms. The summed E-state index contributed by atoms with van der Waals surface area (Å²) in [6, 6.07) is 11.3. The molecular formula is C16H17N3O3. The van der Waals surface area contributed by atoms with Crippen LogP contribution in [0.25, 0.3) is 0 Å². The molecule has 6 heteroatoms. The lowest BCUT2D eigenvalue weighted by atomic mass is 10.3. The number of carbonyl (C=O) groups is 1. The predicted molar refractivity (Wildman–Crippen MR) is 81.3 cm³/mol. The van der Waals surface area contributed by atoms with Crippen LogP contribution in [0.1, 0.15) is 29.2 Å². The number of rotatable bonds is 7. The lowest BCUT2D eigenvalue weighted by molar-refractivity contribution is 0.0690. The Kier molecular flexibility index (Phi) is 4.18. The van der Waals surface area contributed by atoms with E-state index in [4.69, 9.17) is 9.84 Å². The van der Waals surface area contributed by atoms with Gasteiger partial charge in [-0.2, -0.15) is 0 Å². The second-order valence-corrected chi connectivity index (χ2v) is 5.19. The van der Waals surface area contributed by atoms with Gasteiger partial charge in [-0.1, -0.05) is 18.2 Å². The number of carboxylic acid groups (broad SMARTS) is 1. The van der Waals surface area contributed by atoms with Gasteiger partial charge in [0.2, 0.25) is 0 Å². The van der Waals surface area contributed by atoms with Crippen LogP contribution in [0.2, 0.25) is 0 Å². The number of benzene rings is 1. The van der Waals surface area contributed by atoms with Crippen LogP contribution in [0.5, 0.6) is 5.75 Å². The molecule has 1 fully saturated rings. The Balaban J connectivity index is 1.66. The second kappa shape index (κ2) is 6.43. The van der Waals surface area contributed by atoms with E-state index in [9.17, 15) is 4.79 Å².